The van der Waals surface area contributed by atoms with Crippen LogP contribution in [0.3, 0.4) is 0 Å². The average Bonchev–Trinajstić information content (AvgIpc) is 2.96. The third kappa shape index (κ3) is 3.68. The Balaban J connectivity index is 1.78. The van der Waals surface area contributed by atoms with Crippen molar-refractivity contribution in [3.63, 3.8) is 0 Å². The van der Waals surface area contributed by atoms with Crippen LogP contribution in [-0.4, -0.2) is 57.4 Å². The third-order valence-electron chi connectivity index (χ3n) is 4.72. The topological polar surface area (TPSA) is 113 Å². The van der Waals surface area contributed by atoms with Gasteiger partial charge in [-0.25, -0.2) is 13.6 Å². The van der Waals surface area contributed by atoms with Crippen LogP contribution in [0.15, 0.2) is 29.2 Å². The Morgan fingerprint density at radius 2 is 2.12 bits per heavy atom. The molecule has 1 aromatic rings. The number of amides is 2. The summed E-state index contributed by atoms with van der Waals surface area (Å²) in [7, 11) is -3.85. The van der Waals surface area contributed by atoms with Gasteiger partial charge < -0.3 is 15.1 Å². The number of rotatable bonds is 3. The molecule has 0 bridgehead atoms. The number of nitrogens with zero attached hydrogens (tertiary/aromatic N) is 2. The molecule has 2 amide bonds. The third-order valence-corrected chi connectivity index (χ3v) is 5.63. The summed E-state index contributed by atoms with van der Waals surface area (Å²) in [5.41, 5.74) is 0.445. The van der Waals surface area contributed by atoms with Crippen LogP contribution in [-0.2, 0) is 19.6 Å². The van der Waals surface area contributed by atoms with Gasteiger partial charge in [-0.2, -0.15) is 0 Å². The molecule has 8 nitrogen and oxygen atoms in total. The molecule has 3 rings (SSSR count). The van der Waals surface area contributed by atoms with Crippen LogP contribution in [0.25, 0.3) is 0 Å². The van der Waals surface area contributed by atoms with Gasteiger partial charge in [0.25, 0.3) is 0 Å². The van der Waals surface area contributed by atoms with E-state index in [1.54, 1.807) is 6.07 Å². The number of hydrogen-bond donors (Lipinski definition) is 2. The van der Waals surface area contributed by atoms with Gasteiger partial charge in [-0.15, -0.1) is 0 Å². The molecular formula is C16H22N4O4S. The zero-order chi connectivity index (χ0) is 18.2. The Bertz CT molecular complexity index is 795. The van der Waals surface area contributed by atoms with Crippen LogP contribution < -0.4 is 15.4 Å². The van der Waals surface area contributed by atoms with Crippen LogP contribution in [0, 0.1) is 5.92 Å². The zero-order valence-corrected chi connectivity index (χ0v) is 14.8. The lowest BCUT2D eigenvalue weighted by atomic mass is 10.1. The Morgan fingerprint density at radius 3 is 2.80 bits per heavy atom. The maximum absolute atomic E-state index is 12.8. The van der Waals surface area contributed by atoms with Crippen LogP contribution in [0.2, 0.25) is 0 Å². The quantitative estimate of drug-likeness (QED) is 0.749. The molecule has 3 N–H and O–H groups in total. The smallest absolute Gasteiger partial charge is 0.238 e. The van der Waals surface area contributed by atoms with Gasteiger partial charge in [0.1, 0.15) is 0 Å². The summed E-state index contributed by atoms with van der Waals surface area (Å²) in [5.74, 6) is -0.619. The number of hydrogen-bond acceptors (Lipinski definition) is 5. The van der Waals surface area contributed by atoms with Crippen LogP contribution in [0.5, 0.6) is 0 Å². The SMILES string of the molecule is C[C@H]1CNCCN1C(=O)C1CC(=O)N(c2cccc(S(N)(=O)=O)c2)C1. The number of nitrogens with two attached hydrogens (primary N) is 1. The van der Waals surface area contributed by atoms with E-state index in [9.17, 15) is 18.0 Å². The molecule has 2 saturated heterocycles. The predicted octanol–water partition coefficient (Wildman–Crippen LogP) is -0.493. The lowest BCUT2D eigenvalue weighted by Gasteiger charge is -2.35. The summed E-state index contributed by atoms with van der Waals surface area (Å²) >= 11 is 0. The highest BCUT2D eigenvalue weighted by atomic mass is 32.2. The van der Waals surface area contributed by atoms with Gasteiger partial charge in [0.2, 0.25) is 21.8 Å². The zero-order valence-electron chi connectivity index (χ0n) is 14.0. The van der Waals surface area contributed by atoms with Gasteiger partial charge in [-0.1, -0.05) is 6.07 Å². The van der Waals surface area contributed by atoms with E-state index in [0.29, 0.717) is 12.2 Å². The fourth-order valence-electron chi connectivity index (χ4n) is 3.35. The Kier molecular flexibility index (Phi) is 4.81. The standard InChI is InChI=1S/C16H22N4O4S/c1-11-9-18-5-6-19(11)16(22)12-7-15(21)20(10-12)13-3-2-4-14(8-13)25(17,23)24/h2-4,8,11-12,18H,5-7,9-10H2,1H3,(H2,17,23,24)/t11-,12?/m0/s1. The minimum absolute atomic E-state index is 0.0209. The first-order chi connectivity index (χ1) is 11.8. The molecule has 0 aliphatic carbocycles. The number of benzene rings is 1. The summed E-state index contributed by atoms with van der Waals surface area (Å²) in [6.07, 6.45) is 0.134. The highest BCUT2D eigenvalue weighted by molar-refractivity contribution is 7.89. The minimum Gasteiger partial charge on any atom is -0.337 e. The van der Waals surface area contributed by atoms with Crippen molar-refractivity contribution in [1.29, 1.82) is 0 Å². The molecule has 1 unspecified atom stereocenters. The van der Waals surface area contributed by atoms with Crippen molar-refractivity contribution in [3.8, 4) is 0 Å². The largest absolute Gasteiger partial charge is 0.337 e. The first-order valence-corrected chi connectivity index (χ1v) is 9.76. The van der Waals surface area contributed by atoms with E-state index < -0.39 is 15.9 Å². The van der Waals surface area contributed by atoms with Gasteiger partial charge in [0, 0.05) is 44.3 Å². The van der Waals surface area contributed by atoms with Gasteiger partial charge in [-0.05, 0) is 25.1 Å². The molecule has 0 spiro atoms. The van der Waals surface area contributed by atoms with E-state index >= 15 is 0 Å². The first-order valence-electron chi connectivity index (χ1n) is 8.22. The second-order valence-corrected chi connectivity index (χ2v) is 8.09. The Hall–Kier alpha value is -1.97. The van der Waals surface area contributed by atoms with Crippen molar-refractivity contribution in [2.24, 2.45) is 11.1 Å². The van der Waals surface area contributed by atoms with Gasteiger partial charge >= 0.3 is 0 Å². The first kappa shape index (κ1) is 17.8. The molecule has 25 heavy (non-hydrogen) atoms. The molecular weight excluding hydrogens is 344 g/mol. The van der Waals surface area contributed by atoms with E-state index in [-0.39, 0.29) is 35.7 Å². The van der Waals surface area contributed by atoms with Gasteiger partial charge in [-0.3, -0.25) is 9.59 Å². The normalized spacial score (nSPS) is 24.6. The van der Waals surface area contributed by atoms with Crippen molar-refractivity contribution in [1.82, 2.24) is 10.2 Å². The van der Waals surface area contributed by atoms with E-state index in [1.807, 2.05) is 11.8 Å². The second-order valence-electron chi connectivity index (χ2n) is 6.53. The number of sulfonamides is 1. The second kappa shape index (κ2) is 6.74. The van der Waals surface area contributed by atoms with Gasteiger partial charge in [0.15, 0.2) is 0 Å². The molecule has 0 aromatic heterocycles. The predicted molar refractivity (Wildman–Crippen MR) is 92.3 cm³/mol. The van der Waals surface area contributed by atoms with Crippen molar-refractivity contribution >= 4 is 27.5 Å². The van der Waals surface area contributed by atoms with Crippen molar-refractivity contribution < 1.29 is 18.0 Å². The molecule has 2 atom stereocenters. The maximum atomic E-state index is 12.8. The number of nitrogens with one attached hydrogen (secondary N) is 1. The van der Waals surface area contributed by atoms with Crippen LogP contribution in [0.4, 0.5) is 5.69 Å². The maximum Gasteiger partial charge on any atom is 0.238 e. The van der Waals surface area contributed by atoms with Crippen molar-refractivity contribution in [3.05, 3.63) is 24.3 Å². The van der Waals surface area contributed by atoms with Gasteiger partial charge in [0.05, 0.1) is 10.8 Å². The van der Waals surface area contributed by atoms with Crippen molar-refractivity contribution in [2.75, 3.05) is 31.1 Å². The van der Waals surface area contributed by atoms with Crippen LogP contribution >= 0.6 is 0 Å². The molecule has 0 radical (unpaired) electrons. The summed E-state index contributed by atoms with van der Waals surface area (Å²) in [6.45, 7) is 4.35. The van der Waals surface area contributed by atoms with E-state index in [1.165, 1.54) is 23.1 Å². The summed E-state index contributed by atoms with van der Waals surface area (Å²) in [6, 6.07) is 6.02. The molecule has 2 heterocycles. The van der Waals surface area contributed by atoms with E-state index in [2.05, 4.69) is 5.32 Å². The fourth-order valence-corrected chi connectivity index (χ4v) is 3.91. The number of piperazine rings is 1. The lowest BCUT2D eigenvalue weighted by molar-refractivity contribution is -0.138. The number of primary sulfonamides is 1. The number of anilines is 1. The summed E-state index contributed by atoms with van der Waals surface area (Å²) in [4.78, 5) is 28.4. The summed E-state index contributed by atoms with van der Waals surface area (Å²) in [5, 5.41) is 8.38. The number of carbonyl (C=O) groups is 2. The van der Waals surface area contributed by atoms with Crippen molar-refractivity contribution in [2.45, 2.75) is 24.3 Å². The molecule has 2 aliphatic heterocycles. The lowest BCUT2D eigenvalue weighted by Crippen LogP contribution is -2.54. The Morgan fingerprint density at radius 1 is 1.36 bits per heavy atom. The van der Waals surface area contributed by atoms with Crippen LogP contribution in [0.1, 0.15) is 13.3 Å². The summed E-state index contributed by atoms with van der Waals surface area (Å²) < 4.78 is 23.0. The average molecular weight is 366 g/mol. The van der Waals surface area contributed by atoms with E-state index in [0.717, 1.165) is 13.1 Å². The molecule has 2 fully saturated rings. The monoisotopic (exact) mass is 366 g/mol. The highest BCUT2D eigenvalue weighted by Crippen LogP contribution is 2.28. The fraction of sp³-hybridized carbons (Fsp3) is 0.500. The van der Waals surface area contributed by atoms with E-state index in [4.69, 9.17) is 5.14 Å². The molecule has 9 heteroatoms. The molecule has 2 aliphatic rings. The number of carbonyl (C=O) groups excluding carboxylic acids is 2. The highest BCUT2D eigenvalue weighted by Gasteiger charge is 2.38. The molecule has 1 aromatic carbocycles. The molecule has 0 saturated carbocycles. The Labute approximate surface area is 147 Å². The minimum atomic E-state index is -3.85. The molecule has 136 valence electrons.